The number of carboxylic acids is 1. The highest BCUT2D eigenvalue weighted by molar-refractivity contribution is 5.79. The number of carbonyl (C=O) groups excluding carboxylic acids is 1. The predicted molar refractivity (Wildman–Crippen MR) is 75.3 cm³/mol. The fourth-order valence-corrected chi connectivity index (χ4v) is 2.29. The molecule has 1 aliphatic rings. The van der Waals surface area contributed by atoms with Crippen LogP contribution in [0.25, 0.3) is 0 Å². The molecular weight excluding hydrogens is 274 g/mol. The Balaban J connectivity index is 1.91. The third-order valence-corrected chi connectivity index (χ3v) is 3.41. The average Bonchev–Trinajstić information content (AvgIpc) is 2.47. The van der Waals surface area contributed by atoms with Gasteiger partial charge < -0.3 is 19.5 Å². The molecule has 1 fully saturated rings. The lowest BCUT2D eigenvalue weighted by atomic mass is 10.1. The zero-order valence-electron chi connectivity index (χ0n) is 11.9. The molecule has 114 valence electrons. The molecule has 1 unspecified atom stereocenters. The van der Waals surface area contributed by atoms with Crippen LogP contribution in [0.4, 0.5) is 0 Å². The van der Waals surface area contributed by atoms with Crippen molar-refractivity contribution in [3.63, 3.8) is 0 Å². The smallest absolute Gasteiger partial charge is 0.306 e. The van der Waals surface area contributed by atoms with Crippen molar-refractivity contribution < 1.29 is 24.2 Å². The third kappa shape index (κ3) is 4.46. The van der Waals surface area contributed by atoms with Crippen molar-refractivity contribution >= 4 is 11.9 Å². The van der Waals surface area contributed by atoms with Crippen molar-refractivity contribution in [2.24, 2.45) is 0 Å². The van der Waals surface area contributed by atoms with E-state index in [4.69, 9.17) is 14.6 Å². The first-order chi connectivity index (χ1) is 10.1. The molecule has 1 aliphatic heterocycles. The van der Waals surface area contributed by atoms with E-state index in [1.54, 1.807) is 12.0 Å². The van der Waals surface area contributed by atoms with Gasteiger partial charge in [-0.05, 0) is 17.7 Å². The number of ether oxygens (including phenoxy) is 2. The van der Waals surface area contributed by atoms with Crippen LogP contribution in [0.15, 0.2) is 24.3 Å². The van der Waals surface area contributed by atoms with Crippen LogP contribution in [0.3, 0.4) is 0 Å². The number of morpholine rings is 1. The fraction of sp³-hybridized carbons (Fsp3) is 0.467. The molecule has 21 heavy (non-hydrogen) atoms. The number of carboxylic acid groups (broad SMARTS) is 1. The normalized spacial score (nSPS) is 18.3. The molecule has 1 heterocycles. The molecule has 0 aliphatic carbocycles. The maximum atomic E-state index is 12.2. The van der Waals surface area contributed by atoms with Gasteiger partial charge >= 0.3 is 5.97 Å². The van der Waals surface area contributed by atoms with Crippen LogP contribution in [-0.4, -0.2) is 54.8 Å². The first kappa shape index (κ1) is 15.3. The second kappa shape index (κ2) is 7.08. The molecule has 0 radical (unpaired) electrons. The van der Waals surface area contributed by atoms with E-state index < -0.39 is 12.1 Å². The van der Waals surface area contributed by atoms with E-state index in [2.05, 4.69) is 0 Å². The average molecular weight is 293 g/mol. The lowest BCUT2D eigenvalue weighted by molar-refractivity contribution is -0.147. The molecule has 6 heteroatoms. The molecule has 0 spiro atoms. The van der Waals surface area contributed by atoms with Crippen molar-refractivity contribution in [3.05, 3.63) is 29.8 Å². The summed E-state index contributed by atoms with van der Waals surface area (Å²) in [5, 5.41) is 8.78. The topological polar surface area (TPSA) is 76.1 Å². The SMILES string of the molecule is COc1ccc(CC(=O)N2CCOC(CC(=O)O)C2)cc1. The van der Waals surface area contributed by atoms with E-state index in [9.17, 15) is 9.59 Å². The Hall–Kier alpha value is -2.08. The van der Waals surface area contributed by atoms with Crippen molar-refractivity contribution in [3.8, 4) is 5.75 Å². The molecule has 1 amide bonds. The second-order valence-electron chi connectivity index (χ2n) is 4.96. The highest BCUT2D eigenvalue weighted by atomic mass is 16.5. The molecule has 1 aromatic carbocycles. The lowest BCUT2D eigenvalue weighted by Gasteiger charge is -2.32. The minimum absolute atomic E-state index is 0.0149. The number of amides is 1. The molecule has 1 aromatic rings. The highest BCUT2D eigenvalue weighted by Gasteiger charge is 2.25. The summed E-state index contributed by atoms with van der Waals surface area (Å²) in [7, 11) is 1.59. The largest absolute Gasteiger partial charge is 0.497 e. The molecule has 1 atom stereocenters. The Kier molecular flexibility index (Phi) is 5.16. The van der Waals surface area contributed by atoms with Crippen LogP contribution in [0, 0.1) is 0 Å². The summed E-state index contributed by atoms with van der Waals surface area (Å²) in [4.78, 5) is 24.6. The van der Waals surface area contributed by atoms with Gasteiger partial charge in [-0.15, -0.1) is 0 Å². The van der Waals surface area contributed by atoms with Gasteiger partial charge in [-0.1, -0.05) is 12.1 Å². The molecule has 0 saturated carbocycles. The fourth-order valence-electron chi connectivity index (χ4n) is 2.29. The summed E-state index contributed by atoms with van der Waals surface area (Å²) in [6.07, 6.45) is -0.202. The van der Waals surface area contributed by atoms with Crippen molar-refractivity contribution in [1.82, 2.24) is 4.90 Å². The van der Waals surface area contributed by atoms with Gasteiger partial charge in [0.05, 0.1) is 32.7 Å². The van der Waals surface area contributed by atoms with Gasteiger partial charge in [0.15, 0.2) is 0 Å². The summed E-state index contributed by atoms with van der Waals surface area (Å²) in [6.45, 7) is 1.22. The number of rotatable bonds is 5. The molecule has 1 saturated heterocycles. The quantitative estimate of drug-likeness (QED) is 0.874. The lowest BCUT2D eigenvalue weighted by Crippen LogP contribution is -2.46. The van der Waals surface area contributed by atoms with E-state index in [-0.39, 0.29) is 12.3 Å². The van der Waals surface area contributed by atoms with Gasteiger partial charge in [-0.2, -0.15) is 0 Å². The summed E-state index contributed by atoms with van der Waals surface area (Å²) >= 11 is 0. The maximum absolute atomic E-state index is 12.2. The number of aliphatic carboxylic acids is 1. The predicted octanol–water partition coefficient (Wildman–Crippen LogP) is 0.940. The van der Waals surface area contributed by atoms with Gasteiger partial charge in [0.2, 0.25) is 5.91 Å². The summed E-state index contributed by atoms with van der Waals surface area (Å²) in [5.74, 6) is -0.178. The van der Waals surface area contributed by atoms with Gasteiger partial charge in [-0.25, -0.2) is 0 Å². The van der Waals surface area contributed by atoms with E-state index in [1.807, 2.05) is 24.3 Å². The molecular formula is C15H19NO5. The second-order valence-corrected chi connectivity index (χ2v) is 4.96. The van der Waals surface area contributed by atoms with Crippen LogP contribution in [0.2, 0.25) is 0 Å². The molecule has 6 nitrogen and oxygen atoms in total. The van der Waals surface area contributed by atoms with E-state index in [1.165, 1.54) is 0 Å². The van der Waals surface area contributed by atoms with Gasteiger partial charge in [-0.3, -0.25) is 9.59 Å². The van der Waals surface area contributed by atoms with Crippen LogP contribution in [0.1, 0.15) is 12.0 Å². The molecule has 0 aromatic heterocycles. The van der Waals surface area contributed by atoms with Crippen LogP contribution in [-0.2, 0) is 20.7 Å². The van der Waals surface area contributed by atoms with Gasteiger partial charge in [0.25, 0.3) is 0 Å². The Labute approximate surface area is 123 Å². The molecule has 1 N–H and O–H groups in total. The third-order valence-electron chi connectivity index (χ3n) is 3.41. The Morgan fingerprint density at radius 3 is 2.71 bits per heavy atom. The number of carbonyl (C=O) groups is 2. The van der Waals surface area contributed by atoms with Crippen LogP contribution >= 0.6 is 0 Å². The van der Waals surface area contributed by atoms with Crippen LogP contribution in [0.5, 0.6) is 5.75 Å². The number of methoxy groups -OCH3 is 1. The van der Waals surface area contributed by atoms with Gasteiger partial charge in [0, 0.05) is 13.1 Å². The van der Waals surface area contributed by atoms with Crippen molar-refractivity contribution in [2.75, 3.05) is 26.8 Å². The Morgan fingerprint density at radius 1 is 1.38 bits per heavy atom. The van der Waals surface area contributed by atoms with E-state index >= 15 is 0 Å². The summed E-state index contributed by atoms with van der Waals surface area (Å²) in [6, 6.07) is 7.34. The number of hydrogen-bond acceptors (Lipinski definition) is 4. The Morgan fingerprint density at radius 2 is 2.10 bits per heavy atom. The number of hydrogen-bond donors (Lipinski definition) is 1. The zero-order valence-corrected chi connectivity index (χ0v) is 11.9. The first-order valence-corrected chi connectivity index (χ1v) is 6.82. The zero-order chi connectivity index (χ0) is 15.2. The van der Waals surface area contributed by atoms with Crippen molar-refractivity contribution in [1.29, 1.82) is 0 Å². The number of nitrogens with zero attached hydrogens (tertiary/aromatic N) is 1. The van der Waals surface area contributed by atoms with E-state index in [0.717, 1.165) is 11.3 Å². The monoisotopic (exact) mass is 293 g/mol. The maximum Gasteiger partial charge on any atom is 0.306 e. The highest BCUT2D eigenvalue weighted by Crippen LogP contribution is 2.14. The molecule has 2 rings (SSSR count). The van der Waals surface area contributed by atoms with Crippen molar-refractivity contribution in [2.45, 2.75) is 18.9 Å². The standard InChI is InChI=1S/C15H19NO5/c1-20-12-4-2-11(3-5-12)8-14(17)16-6-7-21-13(10-16)9-15(18)19/h2-5,13H,6-10H2,1H3,(H,18,19). The minimum atomic E-state index is -0.913. The van der Waals surface area contributed by atoms with Gasteiger partial charge in [0.1, 0.15) is 5.75 Å². The Bertz CT molecular complexity index is 499. The summed E-state index contributed by atoms with van der Waals surface area (Å²) in [5.41, 5.74) is 0.905. The van der Waals surface area contributed by atoms with E-state index in [0.29, 0.717) is 26.1 Å². The molecule has 0 bridgehead atoms. The minimum Gasteiger partial charge on any atom is -0.497 e. The summed E-state index contributed by atoms with van der Waals surface area (Å²) < 4.78 is 10.4. The number of benzene rings is 1. The first-order valence-electron chi connectivity index (χ1n) is 6.82. The van der Waals surface area contributed by atoms with Crippen LogP contribution < -0.4 is 4.74 Å².